The van der Waals surface area contributed by atoms with Crippen LogP contribution in [-0.4, -0.2) is 91.8 Å². The van der Waals surface area contributed by atoms with Crippen molar-refractivity contribution >= 4 is 207 Å². The van der Waals surface area contributed by atoms with Gasteiger partial charge < -0.3 is 21.9 Å². The van der Waals surface area contributed by atoms with E-state index in [0.717, 1.165) is 97.0 Å². The molecule has 0 spiro atoms. The molecule has 0 amide bonds. The van der Waals surface area contributed by atoms with Gasteiger partial charge in [-0.3, -0.25) is 41.7 Å². The van der Waals surface area contributed by atoms with Crippen LogP contribution >= 0.6 is 125 Å². The lowest BCUT2D eigenvalue weighted by atomic mass is 10.1. The first-order chi connectivity index (χ1) is 42.2. The number of carboxylic acid groups (broad SMARTS) is 1. The molecule has 0 bridgehead atoms. The number of aromatic nitrogens is 8. The maximum Gasteiger partial charge on any atom is 0.337 e. The molecular weight excluding hydrogens is 1770 g/mol. The van der Waals surface area contributed by atoms with E-state index in [4.69, 9.17) is 21.6 Å². The molecule has 0 saturated heterocycles. The number of benzene rings is 5. The molecule has 4 saturated carbocycles. The molecule has 478 valence electrons. The standard InChI is InChI=1S/C15H18IN3O.C12H11IN2O3S.C12H11IN2O2S.C12H11IN2OS.C7H6INO2.C4H11N/c1-15(2,3)18-14-17-12-10(5-4-6-11(12)16)13(20)19(14)9-7-8-9;1-19(17,18)12-14-10-8(3-2-4-9(10)13)11(16)15(12)7-5-6-7;1-18(17)12-14-10-8(3-2-4-9(10)13)11(16)15(12)7-5-6-7;1-17-12-14-10-8(3-2-4-9(10)13)11(16)15(12)7-5-6-7;8-5-3-1-2-4(6(5)9)7(10)11;1-4(2,3)5/h4-6,9H,7-8H2,1-3H3,(H,17,18);2-4,7H,5-6H2,1H3;2-4,7H,5-6H2,1H3;2-4,7H,5-6H2,1H3;1-3H,9H2,(H,10,11);5H2,1-3H3. The summed E-state index contributed by atoms with van der Waals surface area (Å²) in [6.07, 6.45) is 12.6. The summed E-state index contributed by atoms with van der Waals surface area (Å²) in [5.41, 5.74) is 13.8. The molecule has 4 aliphatic carbocycles. The number of sulfone groups is 1. The van der Waals surface area contributed by atoms with E-state index in [1.54, 1.807) is 52.9 Å². The highest BCUT2D eigenvalue weighted by Gasteiger charge is 2.34. The summed E-state index contributed by atoms with van der Waals surface area (Å²) in [5.74, 6) is -0.289. The number of halogens is 5. The second-order valence-electron chi connectivity index (χ2n) is 24.0. The van der Waals surface area contributed by atoms with Gasteiger partial charge in [-0.1, -0.05) is 42.1 Å². The number of carboxylic acids is 1. The Bertz CT molecular complexity index is 4640. The van der Waals surface area contributed by atoms with Crippen LogP contribution in [0.1, 0.15) is 127 Å². The van der Waals surface area contributed by atoms with Crippen LogP contribution in [0.25, 0.3) is 43.6 Å². The Balaban J connectivity index is 0.000000144. The zero-order valence-electron chi connectivity index (χ0n) is 50.7. The Labute approximate surface area is 595 Å². The van der Waals surface area contributed by atoms with Crippen molar-refractivity contribution in [3.63, 3.8) is 0 Å². The molecule has 4 aliphatic rings. The molecule has 4 fully saturated rings. The van der Waals surface area contributed by atoms with Crippen LogP contribution in [-0.2, 0) is 20.6 Å². The predicted octanol–water partition coefficient (Wildman–Crippen LogP) is 12.7. The molecule has 5 aromatic carbocycles. The Morgan fingerprint density at radius 1 is 0.578 bits per heavy atom. The summed E-state index contributed by atoms with van der Waals surface area (Å²) in [6, 6.07) is 28.1. The number of nitrogens with one attached hydrogen (secondary N) is 1. The summed E-state index contributed by atoms with van der Waals surface area (Å²) in [5, 5.41) is 15.7. The van der Waals surface area contributed by atoms with E-state index in [1.807, 2.05) is 113 Å². The van der Waals surface area contributed by atoms with Crippen molar-refractivity contribution in [1.29, 1.82) is 0 Å². The van der Waals surface area contributed by atoms with Crippen molar-refractivity contribution < 1.29 is 22.5 Å². The van der Waals surface area contributed by atoms with Crippen LogP contribution in [0.3, 0.4) is 0 Å². The minimum absolute atomic E-state index is 0. The number of thioether (sulfide) groups is 1. The van der Waals surface area contributed by atoms with Crippen LogP contribution in [0.2, 0.25) is 0 Å². The Morgan fingerprint density at radius 2 is 0.922 bits per heavy atom. The first-order valence-electron chi connectivity index (χ1n) is 28.5. The zero-order chi connectivity index (χ0) is 66.1. The number of para-hydroxylation sites is 5. The topological polar surface area (TPSA) is 292 Å². The van der Waals surface area contributed by atoms with E-state index in [2.05, 4.69) is 131 Å². The van der Waals surface area contributed by atoms with Crippen LogP contribution in [0, 0.1) is 17.9 Å². The first-order valence-corrected chi connectivity index (χ1v) is 38.5. The normalized spacial score (nSPS) is 15.0. The molecule has 1 atom stereocenters. The average molecular weight is 1840 g/mol. The molecule has 9 aromatic rings. The predicted molar refractivity (Wildman–Crippen MR) is 403 cm³/mol. The smallest absolute Gasteiger partial charge is 0.337 e. The molecular formula is C62H68I5N11O9S3. The van der Waals surface area contributed by atoms with Gasteiger partial charge in [0.05, 0.1) is 65.7 Å². The summed E-state index contributed by atoms with van der Waals surface area (Å²) < 4.78 is 46.7. The number of rotatable bonds is 9. The lowest BCUT2D eigenvalue weighted by Crippen LogP contribution is -2.33. The van der Waals surface area contributed by atoms with Crippen LogP contribution in [0.15, 0.2) is 126 Å². The summed E-state index contributed by atoms with van der Waals surface area (Å²) >= 11 is 12.2. The van der Waals surface area contributed by atoms with Crippen molar-refractivity contribution in [2.45, 2.75) is 144 Å². The van der Waals surface area contributed by atoms with E-state index in [1.165, 1.54) is 10.6 Å². The van der Waals surface area contributed by atoms with Crippen LogP contribution in [0.5, 0.6) is 0 Å². The van der Waals surface area contributed by atoms with Gasteiger partial charge in [0.25, 0.3) is 22.2 Å². The number of anilines is 2. The minimum atomic E-state index is -3.52. The van der Waals surface area contributed by atoms with Gasteiger partial charge in [-0.15, -0.1) is 0 Å². The molecule has 0 radical (unpaired) electrons. The van der Waals surface area contributed by atoms with Crippen molar-refractivity contribution in [2.24, 2.45) is 5.73 Å². The molecule has 0 aliphatic heterocycles. The Kier molecular flexibility index (Phi) is 23.6. The number of aromatic carboxylic acids is 1. The molecule has 28 heteroatoms. The lowest BCUT2D eigenvalue weighted by molar-refractivity contribution is 0.0698. The maximum absolute atomic E-state index is 12.7. The summed E-state index contributed by atoms with van der Waals surface area (Å²) in [6.45, 7) is 12.1. The molecule has 4 aromatic heterocycles. The number of nitrogens with zero attached hydrogens (tertiary/aromatic N) is 8. The summed E-state index contributed by atoms with van der Waals surface area (Å²) in [7, 11) is -4.77. The highest BCUT2D eigenvalue weighted by molar-refractivity contribution is 14.1. The first kappa shape index (κ1) is 71.6. The minimum Gasteiger partial charge on any atom is -0.478 e. The Morgan fingerprint density at radius 3 is 1.31 bits per heavy atom. The molecule has 90 heavy (non-hydrogen) atoms. The number of nitrogens with two attached hydrogens (primary N) is 2. The largest absolute Gasteiger partial charge is 0.478 e. The monoisotopic (exact) mass is 1840 g/mol. The fourth-order valence-electron chi connectivity index (χ4n) is 9.08. The van der Waals surface area contributed by atoms with E-state index >= 15 is 0 Å². The van der Waals surface area contributed by atoms with Gasteiger partial charge in [-0.05, 0) is 273 Å². The third-order valence-electron chi connectivity index (χ3n) is 13.6. The van der Waals surface area contributed by atoms with Gasteiger partial charge in [0.2, 0.25) is 26.1 Å². The second kappa shape index (κ2) is 29.6. The van der Waals surface area contributed by atoms with Gasteiger partial charge in [-0.25, -0.2) is 33.1 Å². The van der Waals surface area contributed by atoms with Gasteiger partial charge in [0, 0.05) is 65.6 Å². The fraction of sp³-hybridized carbons (Fsp3) is 0.371. The van der Waals surface area contributed by atoms with E-state index in [-0.39, 0.29) is 56.1 Å². The third-order valence-corrected chi connectivity index (χ3v) is 20.4. The lowest BCUT2D eigenvalue weighted by Gasteiger charge is -2.24. The SMILES string of the molecule is CC(C)(C)N.CC(C)(C)Nc1nc2c(I)cccc2c(=O)n1C1CC1.CS(=O)(=O)c1nc2c(I)cccc2c(=O)n1C1CC1.CS(=O)c1nc2c(I)cccc2c(=O)n1C1CC1.CSc1nc2c(I)cccc2c(=O)n1C1CC1.Nc1c(I)cccc1C(=O)O. The van der Waals surface area contributed by atoms with Crippen molar-refractivity contribution in [1.82, 2.24) is 38.2 Å². The third kappa shape index (κ3) is 18.0. The highest BCUT2D eigenvalue weighted by atomic mass is 127. The van der Waals surface area contributed by atoms with E-state index in [9.17, 15) is 36.6 Å². The number of hydrogen-bond acceptors (Lipinski definition) is 16. The number of fused-ring (bicyclic) bond motifs is 4. The fourth-order valence-corrected chi connectivity index (χ4v) is 14.2. The van der Waals surface area contributed by atoms with Gasteiger partial charge in [0.1, 0.15) is 0 Å². The van der Waals surface area contributed by atoms with Crippen molar-refractivity contribution in [3.8, 4) is 0 Å². The van der Waals surface area contributed by atoms with Gasteiger partial charge in [-0.2, -0.15) is 0 Å². The number of hydrogen-bond donors (Lipinski definition) is 4. The van der Waals surface area contributed by atoms with Gasteiger partial charge in [0.15, 0.2) is 5.16 Å². The molecule has 20 nitrogen and oxygen atoms in total. The molecule has 1 unspecified atom stereocenters. The van der Waals surface area contributed by atoms with Crippen LogP contribution < -0.4 is 39.0 Å². The van der Waals surface area contributed by atoms with Gasteiger partial charge >= 0.3 is 5.97 Å². The van der Waals surface area contributed by atoms with Crippen molar-refractivity contribution in [3.05, 3.63) is 156 Å². The Hall–Kier alpha value is -4.21. The maximum atomic E-state index is 12.7. The second-order valence-corrected chi connectivity index (χ2v) is 33.7. The quantitative estimate of drug-likeness (QED) is 0.0452. The van der Waals surface area contributed by atoms with Crippen LogP contribution in [0.4, 0.5) is 11.6 Å². The molecule has 6 N–H and O–H groups in total. The highest BCUT2D eigenvalue weighted by Crippen LogP contribution is 2.39. The molecule has 13 rings (SSSR count). The summed E-state index contributed by atoms with van der Waals surface area (Å²) in [4.78, 5) is 78.7. The molecule has 4 heterocycles. The number of carbonyl (C=O) groups is 1. The van der Waals surface area contributed by atoms with E-state index < -0.39 is 26.6 Å². The zero-order valence-corrected chi connectivity index (χ0v) is 63.9. The van der Waals surface area contributed by atoms with E-state index in [0.29, 0.717) is 56.1 Å². The number of nitrogen functional groups attached to an aromatic ring is 1. The average Bonchev–Trinajstić information content (AvgIpc) is 1.85. The van der Waals surface area contributed by atoms with Crippen molar-refractivity contribution in [2.75, 3.05) is 29.8 Å².